The smallest absolute Gasteiger partial charge is 0.242 e. The van der Waals surface area contributed by atoms with E-state index in [4.69, 9.17) is 20.9 Å². The molecular weight excluding hydrogens is 414 g/mol. The van der Waals surface area contributed by atoms with Crippen molar-refractivity contribution in [2.45, 2.75) is 38.1 Å². The van der Waals surface area contributed by atoms with Gasteiger partial charge in [-0.1, -0.05) is 42.7 Å². The molecule has 1 aromatic heterocycles. The van der Waals surface area contributed by atoms with Crippen LogP contribution in [0.3, 0.4) is 0 Å². The van der Waals surface area contributed by atoms with Crippen molar-refractivity contribution in [3.05, 3.63) is 58.4 Å². The highest BCUT2D eigenvalue weighted by Crippen LogP contribution is 2.31. The average molecular weight is 436 g/mol. The van der Waals surface area contributed by atoms with E-state index in [0.717, 1.165) is 5.56 Å². The Morgan fingerprint density at radius 1 is 1.24 bits per heavy atom. The molecule has 0 atom stereocenters. The number of sulfonamides is 1. The number of nitrogens with zero attached hydrogens (tertiary/aromatic N) is 2. The van der Waals surface area contributed by atoms with Crippen LogP contribution in [-0.4, -0.2) is 25.7 Å². The largest absolute Gasteiger partial charge is 0.496 e. The van der Waals surface area contributed by atoms with Crippen molar-refractivity contribution in [1.82, 2.24) is 14.9 Å². The SMILES string of the molecule is COc1cc(C)c(S(=O)(=O)NCc2nc(-c3cccc(Cl)c3)no2)cc1C(C)C. The van der Waals surface area contributed by atoms with Gasteiger partial charge in [-0.15, -0.1) is 0 Å². The number of aryl methyl sites for hydroxylation is 1. The first-order chi connectivity index (χ1) is 13.7. The van der Waals surface area contributed by atoms with Gasteiger partial charge in [-0.2, -0.15) is 4.98 Å². The molecule has 9 heteroatoms. The second-order valence-corrected chi connectivity index (χ2v) is 9.03. The summed E-state index contributed by atoms with van der Waals surface area (Å²) < 4.78 is 38.8. The van der Waals surface area contributed by atoms with Crippen LogP contribution in [0.25, 0.3) is 11.4 Å². The minimum Gasteiger partial charge on any atom is -0.496 e. The standard InChI is InChI=1S/C20H22ClN3O4S/c1-12(2)16-10-18(13(3)8-17(16)27-4)29(25,26)22-11-19-23-20(24-28-19)14-6-5-7-15(21)9-14/h5-10,12,22H,11H2,1-4H3. The van der Waals surface area contributed by atoms with Crippen LogP contribution in [0.5, 0.6) is 5.75 Å². The molecule has 3 aromatic rings. The number of benzene rings is 2. The van der Waals surface area contributed by atoms with Crippen molar-refractivity contribution in [3.63, 3.8) is 0 Å². The van der Waals surface area contributed by atoms with Crippen molar-refractivity contribution in [2.75, 3.05) is 7.11 Å². The van der Waals surface area contributed by atoms with Gasteiger partial charge in [0.05, 0.1) is 18.6 Å². The van der Waals surface area contributed by atoms with E-state index in [-0.39, 0.29) is 23.2 Å². The highest BCUT2D eigenvalue weighted by molar-refractivity contribution is 7.89. The predicted octanol–water partition coefficient (Wildman–Crippen LogP) is 4.31. The molecule has 0 aliphatic rings. The van der Waals surface area contributed by atoms with Crippen molar-refractivity contribution >= 4 is 21.6 Å². The van der Waals surface area contributed by atoms with E-state index in [9.17, 15) is 8.42 Å². The van der Waals surface area contributed by atoms with E-state index < -0.39 is 10.0 Å². The van der Waals surface area contributed by atoms with Gasteiger partial charge in [0.2, 0.25) is 21.7 Å². The van der Waals surface area contributed by atoms with Crippen molar-refractivity contribution < 1.29 is 17.7 Å². The van der Waals surface area contributed by atoms with E-state index in [0.29, 0.717) is 27.7 Å². The normalized spacial score (nSPS) is 11.8. The summed E-state index contributed by atoms with van der Waals surface area (Å²) in [4.78, 5) is 4.42. The molecule has 0 aliphatic carbocycles. The zero-order valence-corrected chi connectivity index (χ0v) is 18.1. The topological polar surface area (TPSA) is 94.3 Å². The average Bonchev–Trinajstić information content (AvgIpc) is 3.15. The molecule has 7 nitrogen and oxygen atoms in total. The highest BCUT2D eigenvalue weighted by atomic mass is 35.5. The van der Waals surface area contributed by atoms with Crippen LogP contribution < -0.4 is 9.46 Å². The fourth-order valence-corrected chi connectivity index (χ4v) is 4.32. The monoisotopic (exact) mass is 435 g/mol. The minimum atomic E-state index is -3.79. The second kappa shape index (κ2) is 8.52. The first kappa shape index (κ1) is 21.3. The predicted molar refractivity (Wildman–Crippen MR) is 111 cm³/mol. The third-order valence-electron chi connectivity index (χ3n) is 4.40. The number of hydrogen-bond acceptors (Lipinski definition) is 6. The molecule has 0 aliphatic heterocycles. The molecule has 0 bridgehead atoms. The van der Waals surface area contributed by atoms with Crippen molar-refractivity contribution in [2.24, 2.45) is 0 Å². The van der Waals surface area contributed by atoms with Crippen LogP contribution in [0.1, 0.15) is 36.8 Å². The number of aromatic nitrogens is 2. The van der Waals surface area contributed by atoms with Gasteiger partial charge in [0.1, 0.15) is 5.75 Å². The Hall–Kier alpha value is -2.42. The molecule has 3 rings (SSSR count). The van der Waals surface area contributed by atoms with Gasteiger partial charge in [0.15, 0.2) is 0 Å². The van der Waals surface area contributed by atoms with E-state index in [1.54, 1.807) is 50.4 Å². The van der Waals surface area contributed by atoms with Gasteiger partial charge in [-0.05, 0) is 48.2 Å². The summed E-state index contributed by atoms with van der Waals surface area (Å²) >= 11 is 5.97. The quantitative estimate of drug-likeness (QED) is 0.594. The maximum absolute atomic E-state index is 12.9. The zero-order chi connectivity index (χ0) is 21.2. The Labute approximate surface area is 175 Å². The number of ether oxygens (including phenoxy) is 1. The molecule has 2 aromatic carbocycles. The Balaban J connectivity index is 1.81. The molecule has 0 saturated carbocycles. The van der Waals surface area contributed by atoms with Crippen molar-refractivity contribution in [3.8, 4) is 17.1 Å². The molecule has 0 fully saturated rings. The van der Waals surface area contributed by atoms with Gasteiger partial charge in [-0.3, -0.25) is 0 Å². The Morgan fingerprint density at radius 2 is 2.00 bits per heavy atom. The first-order valence-electron chi connectivity index (χ1n) is 8.98. The number of hydrogen-bond donors (Lipinski definition) is 1. The fraction of sp³-hybridized carbons (Fsp3) is 0.300. The van der Waals surface area contributed by atoms with Crippen LogP contribution >= 0.6 is 11.6 Å². The van der Waals surface area contributed by atoms with Gasteiger partial charge >= 0.3 is 0 Å². The number of nitrogens with one attached hydrogen (secondary N) is 1. The van der Waals surface area contributed by atoms with Crippen LogP contribution in [0.15, 0.2) is 45.8 Å². The lowest BCUT2D eigenvalue weighted by atomic mass is 10.0. The van der Waals surface area contributed by atoms with Gasteiger partial charge in [-0.25, -0.2) is 13.1 Å². The lowest BCUT2D eigenvalue weighted by Gasteiger charge is -2.16. The van der Waals surface area contributed by atoms with Gasteiger partial charge < -0.3 is 9.26 Å². The summed E-state index contributed by atoms with van der Waals surface area (Å²) in [7, 11) is -2.22. The van der Waals surface area contributed by atoms with Crippen LogP contribution in [0.4, 0.5) is 0 Å². The van der Waals surface area contributed by atoms with E-state index >= 15 is 0 Å². The lowest BCUT2D eigenvalue weighted by molar-refractivity contribution is 0.376. The molecular formula is C20H22ClN3O4S. The maximum atomic E-state index is 12.9. The van der Waals surface area contributed by atoms with E-state index in [1.165, 1.54) is 0 Å². The molecule has 0 radical (unpaired) electrons. The summed E-state index contributed by atoms with van der Waals surface area (Å²) in [6.45, 7) is 5.56. The highest BCUT2D eigenvalue weighted by Gasteiger charge is 2.22. The third-order valence-corrected chi connectivity index (χ3v) is 6.18. The van der Waals surface area contributed by atoms with Crippen molar-refractivity contribution in [1.29, 1.82) is 0 Å². The van der Waals surface area contributed by atoms with E-state index in [1.807, 2.05) is 13.8 Å². The van der Waals surface area contributed by atoms with E-state index in [2.05, 4.69) is 14.9 Å². The zero-order valence-electron chi connectivity index (χ0n) is 16.6. The minimum absolute atomic E-state index is 0.107. The number of methoxy groups -OCH3 is 1. The Morgan fingerprint density at radius 3 is 2.66 bits per heavy atom. The molecule has 1 N–H and O–H groups in total. The number of rotatable bonds is 7. The molecule has 0 spiro atoms. The molecule has 0 amide bonds. The molecule has 154 valence electrons. The number of halogens is 1. The molecule has 0 saturated heterocycles. The molecule has 29 heavy (non-hydrogen) atoms. The van der Waals surface area contributed by atoms with Crippen LogP contribution in [0, 0.1) is 6.92 Å². The Bertz CT molecular complexity index is 1130. The summed E-state index contributed by atoms with van der Waals surface area (Å²) in [6.07, 6.45) is 0. The van der Waals surface area contributed by atoms with Crippen LogP contribution in [-0.2, 0) is 16.6 Å². The summed E-state index contributed by atoms with van der Waals surface area (Å²) in [5.74, 6) is 1.26. The van der Waals surface area contributed by atoms with Gasteiger partial charge in [0.25, 0.3) is 0 Å². The first-order valence-corrected chi connectivity index (χ1v) is 10.8. The maximum Gasteiger partial charge on any atom is 0.242 e. The molecule has 0 unspecified atom stereocenters. The summed E-state index contributed by atoms with van der Waals surface area (Å²) in [6, 6.07) is 10.4. The second-order valence-electron chi connectivity index (χ2n) is 6.86. The molecule has 1 heterocycles. The van der Waals surface area contributed by atoms with Crippen LogP contribution in [0.2, 0.25) is 5.02 Å². The third kappa shape index (κ3) is 4.77. The fourth-order valence-electron chi connectivity index (χ4n) is 2.90. The Kier molecular flexibility index (Phi) is 6.26. The summed E-state index contributed by atoms with van der Waals surface area (Å²) in [5.41, 5.74) is 2.09. The van der Waals surface area contributed by atoms with Gasteiger partial charge in [0, 0.05) is 10.6 Å². The summed E-state index contributed by atoms with van der Waals surface area (Å²) in [5, 5.41) is 4.43. The lowest BCUT2D eigenvalue weighted by Crippen LogP contribution is -2.24.